The molecule has 0 saturated heterocycles. The number of nitrogens with two attached hydrogens (primary N) is 1. The Balaban J connectivity index is 0.000000322. The Bertz CT molecular complexity index is 942. The van der Waals surface area contributed by atoms with Crippen molar-refractivity contribution in [1.29, 1.82) is 5.26 Å². The molecular weight excluding hydrogens is 463 g/mol. The van der Waals surface area contributed by atoms with E-state index < -0.39 is 19.9 Å². The molecule has 0 saturated carbocycles. The van der Waals surface area contributed by atoms with Crippen molar-refractivity contribution < 1.29 is 9.90 Å². The van der Waals surface area contributed by atoms with Crippen LogP contribution in [0, 0.1) is 17.2 Å². The van der Waals surface area contributed by atoms with Gasteiger partial charge in [0.25, 0.3) is 0 Å². The topological polar surface area (TPSA) is 87.1 Å². The maximum Gasteiger partial charge on any atom is 0.320 e. The molecule has 34 heavy (non-hydrogen) atoms. The van der Waals surface area contributed by atoms with E-state index in [1.807, 2.05) is 6.07 Å². The molecule has 0 aliphatic carbocycles. The van der Waals surface area contributed by atoms with Crippen LogP contribution in [0.5, 0.6) is 0 Å². The molecule has 0 heterocycles. The van der Waals surface area contributed by atoms with Crippen molar-refractivity contribution in [1.82, 2.24) is 0 Å². The SMILES string of the molecule is C/C(C#N)=C/CCl.CC(C)[C@H](N)C(=O)O.c1ccc(P(c2ccccc2)c2ccccc2)cc1. The van der Waals surface area contributed by atoms with E-state index >= 15 is 0 Å². The number of carboxylic acids is 1. The van der Waals surface area contributed by atoms with Crippen molar-refractivity contribution in [2.75, 3.05) is 5.88 Å². The second-order valence-electron chi connectivity index (χ2n) is 7.60. The van der Waals surface area contributed by atoms with Crippen LogP contribution < -0.4 is 21.6 Å². The Morgan fingerprint density at radius 3 is 1.47 bits per heavy atom. The van der Waals surface area contributed by atoms with Gasteiger partial charge in [-0.2, -0.15) is 5.26 Å². The van der Waals surface area contributed by atoms with Gasteiger partial charge in [0.1, 0.15) is 6.04 Å². The molecule has 1 atom stereocenters. The largest absolute Gasteiger partial charge is 0.480 e. The van der Waals surface area contributed by atoms with Crippen LogP contribution >= 0.6 is 19.5 Å². The van der Waals surface area contributed by atoms with E-state index in [-0.39, 0.29) is 5.92 Å². The first-order valence-corrected chi connectivity index (χ1v) is 12.8. The van der Waals surface area contributed by atoms with Gasteiger partial charge in [-0.15, -0.1) is 11.6 Å². The minimum atomic E-state index is -0.931. The normalized spacial score (nSPS) is 11.4. The molecule has 0 aliphatic rings. The number of carboxylic acid groups (broad SMARTS) is 1. The van der Waals surface area contributed by atoms with Gasteiger partial charge in [0.15, 0.2) is 0 Å². The quantitative estimate of drug-likeness (QED) is 0.280. The maximum absolute atomic E-state index is 10.0. The molecule has 0 radical (unpaired) electrons. The number of halogens is 1. The smallest absolute Gasteiger partial charge is 0.320 e. The fourth-order valence-corrected chi connectivity index (χ4v) is 5.16. The minimum absolute atomic E-state index is 0.0208. The fraction of sp³-hybridized carbons (Fsp3) is 0.214. The molecule has 0 bridgehead atoms. The summed E-state index contributed by atoms with van der Waals surface area (Å²) in [6, 6.07) is 33.6. The van der Waals surface area contributed by atoms with Crippen molar-refractivity contribution in [3.63, 3.8) is 0 Å². The lowest BCUT2D eigenvalue weighted by molar-refractivity contribution is -0.139. The molecule has 6 heteroatoms. The van der Waals surface area contributed by atoms with E-state index in [9.17, 15) is 4.79 Å². The van der Waals surface area contributed by atoms with Gasteiger partial charge >= 0.3 is 5.97 Å². The number of aliphatic carboxylic acids is 1. The van der Waals surface area contributed by atoms with Gasteiger partial charge in [0.05, 0.1) is 6.07 Å². The van der Waals surface area contributed by atoms with Gasteiger partial charge in [0.2, 0.25) is 0 Å². The third-order valence-electron chi connectivity index (χ3n) is 4.61. The van der Waals surface area contributed by atoms with Gasteiger partial charge in [-0.1, -0.05) is 111 Å². The number of carbonyl (C=O) groups is 1. The standard InChI is InChI=1S/C18H15P.C5H6ClN.C5H11NO2/c1-4-10-16(11-5-1)19(17-12-6-2-7-13-17)18-14-8-3-9-15-18;1-5(4-7)2-3-6;1-3(2)4(6)5(7)8/h1-15H;2H,3H2,1H3;3-4H,6H2,1-2H3,(H,7,8)/b;5-2-;/t;;4-/m..0/s1. The van der Waals surface area contributed by atoms with Gasteiger partial charge in [0, 0.05) is 11.5 Å². The number of hydrogen-bond acceptors (Lipinski definition) is 3. The molecular formula is C28H32ClN2O2P. The predicted molar refractivity (Wildman–Crippen MR) is 146 cm³/mol. The molecule has 3 aromatic carbocycles. The highest BCUT2D eigenvalue weighted by atomic mass is 35.5. The Morgan fingerprint density at radius 2 is 1.29 bits per heavy atom. The first-order valence-electron chi connectivity index (χ1n) is 10.9. The molecule has 0 amide bonds. The summed E-state index contributed by atoms with van der Waals surface area (Å²) in [7, 11) is -0.446. The third-order valence-corrected chi connectivity index (χ3v) is 7.20. The first kappa shape index (κ1) is 29.1. The molecule has 0 unspecified atom stereocenters. The highest BCUT2D eigenvalue weighted by Gasteiger charge is 2.15. The second kappa shape index (κ2) is 16.6. The zero-order valence-electron chi connectivity index (χ0n) is 19.8. The molecule has 3 aromatic rings. The number of nitrogens with zero attached hydrogens (tertiary/aromatic N) is 1. The highest BCUT2D eigenvalue weighted by Crippen LogP contribution is 2.32. The van der Waals surface area contributed by atoms with Crippen LogP contribution in [0.3, 0.4) is 0 Å². The molecule has 0 aromatic heterocycles. The third kappa shape index (κ3) is 10.8. The van der Waals surface area contributed by atoms with E-state index in [1.165, 1.54) is 15.9 Å². The van der Waals surface area contributed by atoms with E-state index in [4.69, 9.17) is 27.7 Å². The Hall–Kier alpha value is -2.96. The van der Waals surface area contributed by atoms with Crippen LogP contribution in [0.25, 0.3) is 0 Å². The molecule has 0 spiro atoms. The van der Waals surface area contributed by atoms with Crippen molar-refractivity contribution in [2.45, 2.75) is 26.8 Å². The summed E-state index contributed by atoms with van der Waals surface area (Å²) < 4.78 is 0. The van der Waals surface area contributed by atoms with Crippen LogP contribution in [0.1, 0.15) is 20.8 Å². The van der Waals surface area contributed by atoms with Crippen molar-refractivity contribution in [3.8, 4) is 6.07 Å². The number of benzene rings is 3. The van der Waals surface area contributed by atoms with Crippen molar-refractivity contribution in [2.24, 2.45) is 11.7 Å². The summed E-state index contributed by atoms with van der Waals surface area (Å²) in [5.41, 5.74) is 5.84. The average molecular weight is 495 g/mol. The fourth-order valence-electron chi connectivity index (χ4n) is 2.62. The van der Waals surface area contributed by atoms with Crippen LogP contribution in [0.15, 0.2) is 103 Å². The van der Waals surface area contributed by atoms with Crippen LogP contribution in [0.4, 0.5) is 0 Å². The minimum Gasteiger partial charge on any atom is -0.480 e. The van der Waals surface area contributed by atoms with Gasteiger partial charge in [-0.25, -0.2) is 0 Å². The van der Waals surface area contributed by atoms with Crippen LogP contribution in [-0.2, 0) is 4.79 Å². The van der Waals surface area contributed by atoms with Crippen LogP contribution in [0.2, 0.25) is 0 Å². The lowest BCUT2D eigenvalue weighted by atomic mass is 10.1. The van der Waals surface area contributed by atoms with Gasteiger partial charge in [-0.3, -0.25) is 4.79 Å². The Morgan fingerprint density at radius 1 is 0.941 bits per heavy atom. The second-order valence-corrected chi connectivity index (χ2v) is 10.1. The van der Waals surface area contributed by atoms with E-state index in [0.717, 1.165) is 0 Å². The molecule has 4 nitrogen and oxygen atoms in total. The van der Waals surface area contributed by atoms with E-state index in [1.54, 1.807) is 26.8 Å². The summed E-state index contributed by atoms with van der Waals surface area (Å²) in [6.07, 6.45) is 1.67. The average Bonchev–Trinajstić information content (AvgIpc) is 2.86. The van der Waals surface area contributed by atoms with E-state index in [0.29, 0.717) is 11.5 Å². The van der Waals surface area contributed by atoms with Crippen molar-refractivity contribution in [3.05, 3.63) is 103 Å². The monoisotopic (exact) mass is 494 g/mol. The molecule has 3 rings (SSSR count). The highest BCUT2D eigenvalue weighted by molar-refractivity contribution is 7.79. The van der Waals surface area contributed by atoms with Crippen LogP contribution in [-0.4, -0.2) is 23.0 Å². The summed E-state index contributed by atoms with van der Waals surface area (Å²) in [5.74, 6) is -0.480. The number of alkyl halides is 1. The Labute approximate surface area is 209 Å². The summed E-state index contributed by atoms with van der Waals surface area (Å²) in [6.45, 7) is 5.28. The number of hydrogen-bond donors (Lipinski definition) is 2. The zero-order chi connectivity index (χ0) is 25.3. The number of nitriles is 1. The molecule has 0 fully saturated rings. The Kier molecular flexibility index (Phi) is 14.2. The van der Waals surface area contributed by atoms with Crippen molar-refractivity contribution >= 4 is 41.4 Å². The number of rotatable bonds is 6. The molecule has 3 N–H and O–H groups in total. The summed E-state index contributed by atoms with van der Waals surface area (Å²) in [5, 5.41) is 20.5. The summed E-state index contributed by atoms with van der Waals surface area (Å²) >= 11 is 5.25. The lowest BCUT2D eigenvalue weighted by Gasteiger charge is -2.18. The van der Waals surface area contributed by atoms with Gasteiger partial charge < -0.3 is 10.8 Å². The summed E-state index contributed by atoms with van der Waals surface area (Å²) in [4.78, 5) is 10.0. The molecule has 0 aliphatic heterocycles. The zero-order valence-corrected chi connectivity index (χ0v) is 21.5. The number of allylic oxidation sites excluding steroid dienone is 2. The lowest BCUT2D eigenvalue weighted by Crippen LogP contribution is -2.34. The maximum atomic E-state index is 10.0. The van der Waals surface area contributed by atoms with Gasteiger partial charge in [-0.05, 0) is 36.7 Å². The predicted octanol–water partition coefficient (Wildman–Crippen LogP) is 5.19. The van der Waals surface area contributed by atoms with E-state index in [2.05, 4.69) is 91.0 Å². The molecule has 178 valence electrons. The first-order chi connectivity index (χ1) is 16.3.